The van der Waals surface area contributed by atoms with Crippen molar-refractivity contribution in [3.8, 4) is 5.75 Å². The van der Waals surface area contributed by atoms with E-state index in [-0.39, 0.29) is 5.78 Å². The Morgan fingerprint density at radius 2 is 1.89 bits per heavy atom. The van der Waals surface area contributed by atoms with Crippen molar-refractivity contribution in [3.63, 3.8) is 0 Å². The summed E-state index contributed by atoms with van der Waals surface area (Å²) < 4.78 is 5.92. The van der Waals surface area contributed by atoms with Crippen LogP contribution in [-0.2, 0) is 4.79 Å². The highest BCUT2D eigenvalue weighted by Crippen LogP contribution is 2.24. The van der Waals surface area contributed by atoms with E-state index in [4.69, 9.17) is 9.94 Å². The Kier molecular flexibility index (Phi) is 4.93. The molecule has 0 spiro atoms. The van der Waals surface area contributed by atoms with Crippen LogP contribution in [0.25, 0.3) is 0 Å². The van der Waals surface area contributed by atoms with E-state index in [1.54, 1.807) is 0 Å². The van der Waals surface area contributed by atoms with Crippen LogP contribution in [0.15, 0.2) is 24.3 Å². The van der Waals surface area contributed by atoms with Gasteiger partial charge in [0.05, 0.1) is 6.10 Å². The third-order valence-electron chi connectivity index (χ3n) is 3.60. The van der Waals surface area contributed by atoms with Gasteiger partial charge in [-0.2, -0.15) is 5.48 Å². The van der Waals surface area contributed by atoms with Crippen LogP contribution in [0.1, 0.15) is 50.6 Å². The minimum Gasteiger partial charge on any atom is -0.490 e. The first-order valence-electron chi connectivity index (χ1n) is 6.87. The minimum atomic E-state index is -0.663. The Hall–Kier alpha value is -1.39. The smallest absolute Gasteiger partial charge is 0.153 e. The molecule has 0 amide bonds. The Balaban J connectivity index is 1.99. The highest BCUT2D eigenvalue weighted by molar-refractivity contribution is 5.82. The predicted molar refractivity (Wildman–Crippen MR) is 72.3 cm³/mol. The van der Waals surface area contributed by atoms with E-state index in [1.165, 1.54) is 26.2 Å². The molecule has 1 fully saturated rings. The molecule has 2 rings (SSSR count). The van der Waals surface area contributed by atoms with Gasteiger partial charge in [0.25, 0.3) is 0 Å². The second-order valence-corrected chi connectivity index (χ2v) is 5.12. The maximum atomic E-state index is 11.3. The van der Waals surface area contributed by atoms with Crippen LogP contribution in [0.3, 0.4) is 0 Å². The lowest BCUT2D eigenvalue weighted by Crippen LogP contribution is -2.24. The summed E-state index contributed by atoms with van der Waals surface area (Å²) in [7, 11) is 0. The molecule has 0 saturated heterocycles. The normalized spacial score (nSPS) is 18.0. The van der Waals surface area contributed by atoms with E-state index in [0.717, 1.165) is 24.2 Å². The molecule has 1 aromatic carbocycles. The maximum Gasteiger partial charge on any atom is 0.153 e. The van der Waals surface area contributed by atoms with Gasteiger partial charge < -0.3 is 9.94 Å². The maximum absolute atomic E-state index is 11.3. The summed E-state index contributed by atoms with van der Waals surface area (Å²) in [4.78, 5) is 11.3. The Morgan fingerprint density at radius 3 is 2.42 bits per heavy atom. The first-order valence-corrected chi connectivity index (χ1v) is 6.87. The lowest BCUT2D eigenvalue weighted by atomic mass is 9.98. The summed E-state index contributed by atoms with van der Waals surface area (Å²) in [5.41, 5.74) is 2.77. The quantitative estimate of drug-likeness (QED) is 0.802. The average Bonchev–Trinajstić information content (AvgIpc) is 2.42. The van der Waals surface area contributed by atoms with E-state index >= 15 is 0 Å². The number of ether oxygens (including phenoxy) is 1. The molecule has 1 aliphatic carbocycles. The highest BCUT2D eigenvalue weighted by atomic mass is 16.5. The van der Waals surface area contributed by atoms with Gasteiger partial charge in [-0.15, -0.1) is 0 Å². The van der Waals surface area contributed by atoms with E-state index in [9.17, 15) is 4.79 Å². The van der Waals surface area contributed by atoms with E-state index < -0.39 is 6.04 Å². The van der Waals surface area contributed by atoms with Gasteiger partial charge >= 0.3 is 0 Å². The minimum absolute atomic E-state index is 0.122. The monoisotopic (exact) mass is 263 g/mol. The predicted octanol–water partition coefficient (Wildman–Crippen LogP) is 3.01. The number of hydroxylamine groups is 1. The Morgan fingerprint density at radius 1 is 1.26 bits per heavy atom. The number of ketones is 1. The molecule has 1 aliphatic rings. The van der Waals surface area contributed by atoms with Crippen molar-refractivity contribution in [2.24, 2.45) is 0 Å². The van der Waals surface area contributed by atoms with Crippen LogP contribution < -0.4 is 10.2 Å². The third-order valence-corrected chi connectivity index (χ3v) is 3.60. The van der Waals surface area contributed by atoms with Crippen molar-refractivity contribution in [2.45, 2.75) is 51.2 Å². The summed E-state index contributed by atoms with van der Waals surface area (Å²) in [6.45, 7) is 1.44. The number of carbonyl (C=O) groups is 1. The molecule has 1 atom stereocenters. The number of hydrogen-bond donors (Lipinski definition) is 2. The van der Waals surface area contributed by atoms with Gasteiger partial charge in [0.1, 0.15) is 11.8 Å². The Bertz CT molecular complexity index is 410. The third kappa shape index (κ3) is 3.78. The summed E-state index contributed by atoms with van der Waals surface area (Å²) in [5.74, 6) is 0.708. The van der Waals surface area contributed by atoms with Crippen LogP contribution in [0.2, 0.25) is 0 Å². The number of carbonyl (C=O) groups excluding carboxylic acids is 1. The summed E-state index contributed by atoms with van der Waals surface area (Å²) in [5, 5.41) is 8.98. The first kappa shape index (κ1) is 14.0. The molecule has 1 unspecified atom stereocenters. The molecule has 0 heterocycles. The van der Waals surface area contributed by atoms with E-state index in [1.807, 2.05) is 29.7 Å². The fraction of sp³-hybridized carbons (Fsp3) is 0.533. The van der Waals surface area contributed by atoms with E-state index in [0.29, 0.717) is 6.10 Å². The molecule has 104 valence electrons. The number of benzene rings is 1. The zero-order chi connectivity index (χ0) is 13.7. The summed E-state index contributed by atoms with van der Waals surface area (Å²) in [6, 6.07) is 6.68. The Labute approximate surface area is 113 Å². The topological polar surface area (TPSA) is 58.6 Å². The van der Waals surface area contributed by atoms with Crippen LogP contribution in [0.4, 0.5) is 0 Å². The van der Waals surface area contributed by atoms with Gasteiger partial charge in [0, 0.05) is 0 Å². The van der Waals surface area contributed by atoms with E-state index in [2.05, 4.69) is 0 Å². The number of Topliss-reactive ketones (excluding diaryl/α,β-unsaturated/α-hetero) is 1. The molecule has 0 aliphatic heterocycles. The van der Waals surface area contributed by atoms with Crippen LogP contribution in [-0.4, -0.2) is 17.1 Å². The average molecular weight is 263 g/mol. The van der Waals surface area contributed by atoms with Gasteiger partial charge in [-0.1, -0.05) is 18.6 Å². The lowest BCUT2D eigenvalue weighted by Gasteiger charge is -2.23. The molecule has 0 bridgehead atoms. The molecular weight excluding hydrogens is 242 g/mol. The largest absolute Gasteiger partial charge is 0.490 e. The molecular formula is C15H21NO3. The molecule has 2 N–H and O–H groups in total. The number of rotatable bonds is 5. The zero-order valence-corrected chi connectivity index (χ0v) is 11.3. The van der Waals surface area contributed by atoms with Gasteiger partial charge in [-0.3, -0.25) is 4.79 Å². The van der Waals surface area contributed by atoms with Gasteiger partial charge in [-0.05, 0) is 50.3 Å². The summed E-state index contributed by atoms with van der Waals surface area (Å²) in [6.07, 6.45) is 6.35. The molecule has 0 aromatic heterocycles. The van der Waals surface area contributed by atoms with Crippen molar-refractivity contribution in [1.82, 2.24) is 5.48 Å². The van der Waals surface area contributed by atoms with Crippen LogP contribution in [0.5, 0.6) is 5.75 Å². The van der Waals surface area contributed by atoms with Crippen molar-refractivity contribution in [3.05, 3.63) is 29.8 Å². The molecule has 0 radical (unpaired) electrons. The fourth-order valence-electron chi connectivity index (χ4n) is 2.51. The molecule has 19 heavy (non-hydrogen) atoms. The highest BCUT2D eigenvalue weighted by Gasteiger charge is 2.17. The van der Waals surface area contributed by atoms with Crippen LogP contribution in [0, 0.1) is 0 Å². The van der Waals surface area contributed by atoms with Gasteiger partial charge in [0.2, 0.25) is 0 Å². The van der Waals surface area contributed by atoms with Crippen molar-refractivity contribution < 1.29 is 14.7 Å². The van der Waals surface area contributed by atoms with Crippen molar-refractivity contribution in [2.75, 3.05) is 0 Å². The first-order chi connectivity index (χ1) is 9.20. The van der Waals surface area contributed by atoms with Gasteiger partial charge in [0.15, 0.2) is 5.78 Å². The molecule has 4 nitrogen and oxygen atoms in total. The SMILES string of the molecule is CC(=O)C(NO)c1ccc(OC2CCCCC2)cc1. The van der Waals surface area contributed by atoms with Gasteiger partial charge in [-0.25, -0.2) is 0 Å². The fourth-order valence-corrected chi connectivity index (χ4v) is 2.51. The lowest BCUT2D eigenvalue weighted by molar-refractivity contribution is -0.121. The second-order valence-electron chi connectivity index (χ2n) is 5.12. The zero-order valence-electron chi connectivity index (χ0n) is 11.3. The molecule has 1 aromatic rings. The van der Waals surface area contributed by atoms with Crippen molar-refractivity contribution >= 4 is 5.78 Å². The molecule has 4 heteroatoms. The molecule has 1 saturated carbocycles. The summed E-state index contributed by atoms with van der Waals surface area (Å²) >= 11 is 0. The second kappa shape index (κ2) is 6.68. The van der Waals surface area contributed by atoms with Crippen LogP contribution >= 0.6 is 0 Å². The number of nitrogens with one attached hydrogen (secondary N) is 1. The number of hydrogen-bond acceptors (Lipinski definition) is 4. The van der Waals surface area contributed by atoms with Crippen molar-refractivity contribution in [1.29, 1.82) is 0 Å². The standard InChI is InChI=1S/C15H21NO3/c1-11(17)15(16-18)12-7-9-14(10-8-12)19-13-5-3-2-4-6-13/h7-10,13,15-16,18H,2-6H2,1H3.